The number of nitrogens with one attached hydrogen (secondary N) is 2. The van der Waals surface area contributed by atoms with Crippen molar-refractivity contribution in [1.29, 1.82) is 0 Å². The van der Waals surface area contributed by atoms with Gasteiger partial charge in [-0.15, -0.1) is 11.3 Å². The fourth-order valence-corrected chi connectivity index (χ4v) is 3.62. The lowest BCUT2D eigenvalue weighted by atomic mass is 10.2. The number of hydrogen-bond acceptors (Lipinski definition) is 4. The molecule has 1 saturated carbocycles. The van der Waals surface area contributed by atoms with Gasteiger partial charge in [-0.2, -0.15) is 5.10 Å². The van der Waals surface area contributed by atoms with Crippen molar-refractivity contribution in [3.63, 3.8) is 0 Å². The third-order valence-corrected chi connectivity index (χ3v) is 5.33. The Morgan fingerprint density at radius 2 is 1.92 bits per heavy atom. The molecule has 2 amide bonds. The first-order valence-electron chi connectivity index (χ1n) is 8.35. The van der Waals surface area contributed by atoms with Crippen molar-refractivity contribution in [2.75, 3.05) is 10.6 Å². The van der Waals surface area contributed by atoms with Gasteiger partial charge in [0, 0.05) is 19.2 Å². The number of carbonyl (C=O) groups excluding carboxylic acids is 2. The quantitative estimate of drug-likeness (QED) is 0.726. The van der Waals surface area contributed by atoms with Gasteiger partial charge < -0.3 is 10.6 Å². The lowest BCUT2D eigenvalue weighted by Gasteiger charge is -2.11. The lowest BCUT2D eigenvalue weighted by molar-refractivity contribution is -0.117. The van der Waals surface area contributed by atoms with Crippen LogP contribution >= 0.6 is 11.3 Å². The summed E-state index contributed by atoms with van der Waals surface area (Å²) in [6.45, 7) is 0. The molecular weight excluding hydrogens is 348 g/mol. The molecule has 1 aromatic carbocycles. The summed E-state index contributed by atoms with van der Waals surface area (Å²) >= 11 is 1.38. The van der Waals surface area contributed by atoms with Crippen LogP contribution in [0.3, 0.4) is 0 Å². The second-order valence-electron chi connectivity index (χ2n) is 6.36. The van der Waals surface area contributed by atoms with Crippen LogP contribution in [0.5, 0.6) is 0 Å². The molecule has 2 aromatic heterocycles. The normalized spacial score (nSPS) is 18.3. The minimum Gasteiger partial charge on any atom is -0.324 e. The average Bonchev–Trinajstić information content (AvgIpc) is 3.03. The highest BCUT2D eigenvalue weighted by molar-refractivity contribution is 7.12. The monoisotopic (exact) mass is 366 g/mol. The van der Waals surface area contributed by atoms with Crippen molar-refractivity contribution in [3.8, 4) is 0 Å². The highest BCUT2D eigenvalue weighted by atomic mass is 32.1. The Morgan fingerprint density at radius 3 is 2.58 bits per heavy atom. The van der Waals surface area contributed by atoms with Crippen molar-refractivity contribution < 1.29 is 9.59 Å². The number of hydrogen-bond donors (Lipinski definition) is 2. The van der Waals surface area contributed by atoms with E-state index in [1.165, 1.54) is 11.3 Å². The van der Waals surface area contributed by atoms with Crippen LogP contribution in [0.4, 0.5) is 11.4 Å². The molecule has 0 aliphatic heterocycles. The van der Waals surface area contributed by atoms with Gasteiger partial charge in [-0.3, -0.25) is 14.3 Å². The predicted molar refractivity (Wildman–Crippen MR) is 101 cm³/mol. The third-order valence-electron chi connectivity index (χ3n) is 4.46. The predicted octanol–water partition coefficient (Wildman–Crippen LogP) is 3.48. The molecule has 1 aliphatic rings. The number of benzene rings is 1. The Labute approximate surface area is 154 Å². The first kappa shape index (κ1) is 16.5. The van der Waals surface area contributed by atoms with Crippen molar-refractivity contribution in [2.24, 2.45) is 13.0 Å². The Bertz CT molecular complexity index is 948. The maximum absolute atomic E-state index is 12.6. The van der Waals surface area contributed by atoms with Crippen LogP contribution in [0.15, 0.2) is 54.2 Å². The highest BCUT2D eigenvalue weighted by Crippen LogP contribution is 2.48. The third kappa shape index (κ3) is 3.39. The Morgan fingerprint density at radius 1 is 1.15 bits per heavy atom. The Kier molecular flexibility index (Phi) is 4.30. The molecule has 6 nitrogen and oxygen atoms in total. The summed E-state index contributed by atoms with van der Waals surface area (Å²) in [5.74, 6) is -0.0464. The zero-order chi connectivity index (χ0) is 18.1. The number of thiophene rings is 1. The molecule has 0 unspecified atom stereocenters. The van der Waals surface area contributed by atoms with Crippen LogP contribution in [0.25, 0.3) is 0 Å². The molecule has 2 heterocycles. The van der Waals surface area contributed by atoms with Crippen molar-refractivity contribution in [1.82, 2.24) is 9.78 Å². The molecule has 26 heavy (non-hydrogen) atoms. The van der Waals surface area contributed by atoms with E-state index in [0.717, 1.165) is 12.0 Å². The highest BCUT2D eigenvalue weighted by Gasteiger charge is 2.44. The summed E-state index contributed by atoms with van der Waals surface area (Å²) in [5, 5.41) is 11.8. The molecular formula is C19H18N4O2S. The molecule has 0 radical (unpaired) electrons. The van der Waals surface area contributed by atoms with Crippen LogP contribution in [0.2, 0.25) is 0 Å². The lowest BCUT2D eigenvalue weighted by Crippen LogP contribution is -2.17. The van der Waals surface area contributed by atoms with Gasteiger partial charge in [0.05, 0.1) is 22.4 Å². The van der Waals surface area contributed by atoms with Gasteiger partial charge in [0.2, 0.25) is 5.91 Å². The number of carbonyl (C=O) groups is 2. The van der Waals surface area contributed by atoms with E-state index in [1.807, 2.05) is 43.0 Å². The van der Waals surface area contributed by atoms with Gasteiger partial charge in [0.15, 0.2) is 0 Å². The van der Waals surface area contributed by atoms with E-state index < -0.39 is 0 Å². The molecule has 1 fully saturated rings. The second-order valence-corrected chi connectivity index (χ2v) is 7.31. The van der Waals surface area contributed by atoms with Crippen molar-refractivity contribution in [2.45, 2.75) is 12.3 Å². The molecule has 4 rings (SSSR count). The number of anilines is 2. The maximum Gasteiger partial charge on any atom is 0.265 e. The number of rotatable bonds is 5. The average molecular weight is 366 g/mol. The van der Waals surface area contributed by atoms with Crippen LogP contribution in [0.1, 0.15) is 27.6 Å². The van der Waals surface area contributed by atoms with E-state index in [9.17, 15) is 9.59 Å². The smallest absolute Gasteiger partial charge is 0.265 e. The molecule has 132 valence electrons. The standard InChI is InChI=1S/C19H18N4O2S/c1-23-11-12(10-20-23)13-9-14(13)18(24)21-15-5-2-3-6-16(15)22-19(25)17-7-4-8-26-17/h2-8,10-11,13-14H,9H2,1H3,(H,21,24)(H,22,25)/t13-,14+/m0/s1. The largest absolute Gasteiger partial charge is 0.324 e. The van der Waals surface area contributed by atoms with Crippen LogP contribution < -0.4 is 10.6 Å². The number of aryl methyl sites for hydroxylation is 1. The number of para-hydroxylation sites is 2. The van der Waals surface area contributed by atoms with E-state index >= 15 is 0 Å². The topological polar surface area (TPSA) is 76.0 Å². The van der Waals surface area contributed by atoms with Crippen LogP contribution in [-0.4, -0.2) is 21.6 Å². The first-order chi connectivity index (χ1) is 12.6. The van der Waals surface area contributed by atoms with Gasteiger partial charge in [-0.25, -0.2) is 0 Å². The fourth-order valence-electron chi connectivity index (χ4n) is 3.00. The van der Waals surface area contributed by atoms with Crippen molar-refractivity contribution >= 4 is 34.5 Å². The fraction of sp³-hybridized carbons (Fsp3) is 0.211. The summed E-state index contributed by atoms with van der Waals surface area (Å²) < 4.78 is 1.75. The number of amides is 2. The zero-order valence-corrected chi connectivity index (χ0v) is 15.0. The number of aromatic nitrogens is 2. The van der Waals surface area contributed by atoms with Gasteiger partial charge in [0.1, 0.15) is 0 Å². The molecule has 0 bridgehead atoms. The summed E-state index contributed by atoms with van der Waals surface area (Å²) in [4.78, 5) is 25.5. The number of nitrogens with zero attached hydrogens (tertiary/aromatic N) is 2. The summed E-state index contributed by atoms with van der Waals surface area (Å²) in [5.41, 5.74) is 2.30. The van der Waals surface area contributed by atoms with E-state index in [-0.39, 0.29) is 23.7 Å². The van der Waals surface area contributed by atoms with Gasteiger partial charge in [0.25, 0.3) is 5.91 Å². The second kappa shape index (κ2) is 6.76. The molecule has 2 N–H and O–H groups in total. The summed E-state index contributed by atoms with van der Waals surface area (Å²) in [6, 6.07) is 10.8. The van der Waals surface area contributed by atoms with Gasteiger partial charge in [-0.05, 0) is 41.5 Å². The summed E-state index contributed by atoms with van der Waals surface area (Å²) in [7, 11) is 1.87. The molecule has 7 heteroatoms. The Hall–Kier alpha value is -2.93. The van der Waals surface area contributed by atoms with E-state index in [1.54, 1.807) is 22.9 Å². The summed E-state index contributed by atoms with van der Waals surface area (Å²) in [6.07, 6.45) is 4.58. The van der Waals surface area contributed by atoms with Crippen LogP contribution in [0, 0.1) is 5.92 Å². The Balaban J connectivity index is 1.44. The zero-order valence-electron chi connectivity index (χ0n) is 14.2. The van der Waals surface area contributed by atoms with Gasteiger partial charge in [-0.1, -0.05) is 18.2 Å². The molecule has 3 aromatic rings. The minimum atomic E-state index is -0.179. The van der Waals surface area contributed by atoms with E-state index in [4.69, 9.17) is 0 Å². The first-order valence-corrected chi connectivity index (χ1v) is 9.23. The molecule has 0 saturated heterocycles. The molecule has 1 aliphatic carbocycles. The minimum absolute atomic E-state index is 0.0309. The van der Waals surface area contributed by atoms with Crippen molar-refractivity contribution in [3.05, 3.63) is 64.6 Å². The molecule has 2 atom stereocenters. The SMILES string of the molecule is Cn1cc([C@@H]2C[C@H]2C(=O)Nc2ccccc2NC(=O)c2cccs2)cn1. The van der Waals surface area contributed by atoms with Gasteiger partial charge >= 0.3 is 0 Å². The van der Waals surface area contributed by atoms with E-state index in [2.05, 4.69) is 15.7 Å². The van der Waals surface area contributed by atoms with Crippen LogP contribution in [-0.2, 0) is 11.8 Å². The maximum atomic E-state index is 12.6. The molecule has 0 spiro atoms. The van der Waals surface area contributed by atoms with E-state index in [0.29, 0.717) is 16.3 Å².